The second-order valence-corrected chi connectivity index (χ2v) is 7.75. The van der Waals surface area contributed by atoms with Crippen molar-refractivity contribution < 1.29 is 14.3 Å². The number of halogens is 3. The van der Waals surface area contributed by atoms with E-state index in [-0.39, 0.29) is 38.7 Å². The van der Waals surface area contributed by atoms with E-state index in [1.54, 1.807) is 30.3 Å². The van der Waals surface area contributed by atoms with E-state index in [9.17, 15) is 19.1 Å². The molecule has 0 saturated heterocycles. The molecule has 4 rings (SSSR count). The molecule has 2 N–H and O–H groups in total. The number of aromatic hydroxyl groups is 1. The molecule has 0 radical (unpaired) electrons. The predicted octanol–water partition coefficient (Wildman–Crippen LogP) is 4.35. The van der Waals surface area contributed by atoms with Gasteiger partial charge in [0.1, 0.15) is 16.1 Å². The molecule has 2 heterocycles. The first-order valence-corrected chi connectivity index (χ1v) is 10.1. The molecule has 2 aromatic carbocycles. The summed E-state index contributed by atoms with van der Waals surface area (Å²) < 4.78 is 14.8. The molecule has 0 saturated carbocycles. The molecule has 10 heteroatoms. The summed E-state index contributed by atoms with van der Waals surface area (Å²) in [5, 5.41) is 12.5. The minimum Gasteiger partial charge on any atom is -0.504 e. The monoisotopic (exact) mass is 502 g/mol. The average Bonchev–Trinajstić information content (AvgIpc) is 2.73. The molecule has 0 fully saturated rings. The highest BCUT2D eigenvalue weighted by atomic mass is 79.9. The summed E-state index contributed by atoms with van der Waals surface area (Å²) in [6.07, 6.45) is 1.37. The van der Waals surface area contributed by atoms with Crippen molar-refractivity contribution in [3.8, 4) is 5.75 Å². The number of nitrogens with zero attached hydrogens (tertiary/aromatic N) is 3. The maximum atomic E-state index is 13.5. The third-order valence-electron chi connectivity index (χ3n) is 4.48. The van der Waals surface area contributed by atoms with Gasteiger partial charge in [-0.1, -0.05) is 29.8 Å². The summed E-state index contributed by atoms with van der Waals surface area (Å²) in [4.78, 5) is 34.0. The van der Waals surface area contributed by atoms with Crippen LogP contribution in [0.3, 0.4) is 0 Å². The molecule has 31 heavy (non-hydrogen) atoms. The normalized spacial score (nSPS) is 10.9. The van der Waals surface area contributed by atoms with Crippen molar-refractivity contribution in [1.82, 2.24) is 14.5 Å². The SMILES string of the molecule is O=C(Nc1cccc2ncn(Cc3cccc(F)c3)c(=O)c12)c1cc(Cl)c(O)c(Br)n1. The largest absolute Gasteiger partial charge is 0.504 e. The molecule has 0 unspecified atom stereocenters. The van der Waals surface area contributed by atoms with E-state index in [1.807, 2.05) is 0 Å². The lowest BCUT2D eigenvalue weighted by Gasteiger charge is -2.11. The Bertz CT molecular complexity index is 1370. The number of benzene rings is 2. The van der Waals surface area contributed by atoms with E-state index in [4.69, 9.17) is 11.6 Å². The Labute approximate surface area is 188 Å². The molecule has 2 aromatic heterocycles. The minimum atomic E-state index is -0.630. The minimum absolute atomic E-state index is 0.0159. The highest BCUT2D eigenvalue weighted by Gasteiger charge is 2.17. The molecule has 0 spiro atoms. The second kappa shape index (κ2) is 8.44. The third kappa shape index (κ3) is 4.28. The Hall–Kier alpha value is -3.30. The molecule has 1 amide bonds. The molecular formula is C21H13BrClFN4O3. The van der Waals surface area contributed by atoms with Crippen LogP contribution in [0.5, 0.6) is 5.75 Å². The van der Waals surface area contributed by atoms with Crippen molar-refractivity contribution in [3.63, 3.8) is 0 Å². The zero-order valence-corrected chi connectivity index (χ0v) is 18.0. The first-order valence-electron chi connectivity index (χ1n) is 8.92. The van der Waals surface area contributed by atoms with Gasteiger partial charge in [-0.05, 0) is 51.8 Å². The Morgan fingerprint density at radius 3 is 2.74 bits per heavy atom. The van der Waals surface area contributed by atoms with Crippen LogP contribution >= 0.6 is 27.5 Å². The highest BCUT2D eigenvalue weighted by molar-refractivity contribution is 9.10. The maximum absolute atomic E-state index is 13.5. The average molecular weight is 504 g/mol. The van der Waals surface area contributed by atoms with Crippen LogP contribution in [-0.4, -0.2) is 25.5 Å². The van der Waals surface area contributed by atoms with E-state index in [1.165, 1.54) is 29.1 Å². The van der Waals surface area contributed by atoms with Crippen molar-refractivity contribution in [3.05, 3.63) is 91.9 Å². The number of aromatic nitrogens is 3. The number of rotatable bonds is 4. The summed E-state index contributed by atoms with van der Waals surface area (Å²) >= 11 is 8.94. The van der Waals surface area contributed by atoms with Gasteiger partial charge in [-0.3, -0.25) is 14.2 Å². The number of nitrogens with one attached hydrogen (secondary N) is 1. The summed E-state index contributed by atoms with van der Waals surface area (Å²) in [5.41, 5.74) is 0.753. The van der Waals surface area contributed by atoms with Gasteiger partial charge in [-0.15, -0.1) is 0 Å². The molecule has 156 valence electrons. The van der Waals surface area contributed by atoms with Crippen molar-refractivity contribution in [1.29, 1.82) is 0 Å². The summed E-state index contributed by atoms with van der Waals surface area (Å²) in [6, 6.07) is 12.0. The van der Waals surface area contributed by atoms with Crippen LogP contribution in [0.4, 0.5) is 10.1 Å². The maximum Gasteiger partial charge on any atom is 0.274 e. The topological polar surface area (TPSA) is 97.1 Å². The van der Waals surface area contributed by atoms with E-state index in [0.29, 0.717) is 11.1 Å². The molecule has 0 aliphatic carbocycles. The third-order valence-corrected chi connectivity index (χ3v) is 5.32. The fraction of sp³-hybridized carbons (Fsp3) is 0.0476. The van der Waals surface area contributed by atoms with Gasteiger partial charge in [0.15, 0.2) is 5.75 Å². The second-order valence-electron chi connectivity index (χ2n) is 6.59. The zero-order valence-electron chi connectivity index (χ0n) is 15.6. The fourth-order valence-corrected chi connectivity index (χ4v) is 3.74. The summed E-state index contributed by atoms with van der Waals surface area (Å²) in [5.74, 6) is -1.32. The predicted molar refractivity (Wildman–Crippen MR) is 118 cm³/mol. The van der Waals surface area contributed by atoms with Crippen LogP contribution in [0.2, 0.25) is 5.02 Å². The number of carbonyl (C=O) groups excluding carboxylic acids is 1. The van der Waals surface area contributed by atoms with Crippen molar-refractivity contribution in [2.75, 3.05) is 5.32 Å². The van der Waals surface area contributed by atoms with Gasteiger partial charge in [-0.2, -0.15) is 0 Å². The Kier molecular flexibility index (Phi) is 5.71. The summed E-state index contributed by atoms with van der Waals surface area (Å²) in [7, 11) is 0. The number of fused-ring (bicyclic) bond motifs is 1. The molecule has 0 atom stereocenters. The van der Waals surface area contributed by atoms with Gasteiger partial charge in [0, 0.05) is 0 Å². The van der Waals surface area contributed by atoms with Crippen LogP contribution in [0.25, 0.3) is 10.9 Å². The van der Waals surface area contributed by atoms with Gasteiger partial charge in [-0.25, -0.2) is 14.4 Å². The number of pyridine rings is 1. The van der Waals surface area contributed by atoms with Crippen LogP contribution in [0.1, 0.15) is 16.1 Å². The van der Waals surface area contributed by atoms with E-state index in [0.717, 1.165) is 0 Å². The van der Waals surface area contributed by atoms with E-state index in [2.05, 4.69) is 31.2 Å². The number of anilines is 1. The lowest BCUT2D eigenvalue weighted by Crippen LogP contribution is -2.23. The first kappa shape index (κ1) is 21.0. The van der Waals surface area contributed by atoms with Crippen LogP contribution in [0, 0.1) is 5.82 Å². The molecule has 0 bridgehead atoms. The van der Waals surface area contributed by atoms with Crippen LogP contribution in [-0.2, 0) is 6.54 Å². The van der Waals surface area contributed by atoms with Gasteiger partial charge in [0.25, 0.3) is 11.5 Å². The first-order chi connectivity index (χ1) is 14.8. The number of hydrogen-bond donors (Lipinski definition) is 2. The van der Waals surface area contributed by atoms with Crippen LogP contribution in [0.15, 0.2) is 64.3 Å². The number of hydrogen-bond acceptors (Lipinski definition) is 5. The van der Waals surface area contributed by atoms with Gasteiger partial charge in [0.2, 0.25) is 0 Å². The van der Waals surface area contributed by atoms with E-state index >= 15 is 0 Å². The fourth-order valence-electron chi connectivity index (χ4n) is 3.03. The number of amides is 1. The molecule has 7 nitrogen and oxygen atoms in total. The van der Waals surface area contributed by atoms with Crippen LogP contribution < -0.4 is 10.9 Å². The van der Waals surface area contributed by atoms with Crippen molar-refractivity contribution >= 4 is 50.0 Å². The zero-order chi connectivity index (χ0) is 22.1. The van der Waals surface area contributed by atoms with E-state index < -0.39 is 17.3 Å². The smallest absolute Gasteiger partial charge is 0.274 e. The van der Waals surface area contributed by atoms with Gasteiger partial charge in [0.05, 0.1) is 34.5 Å². The van der Waals surface area contributed by atoms with Crippen molar-refractivity contribution in [2.24, 2.45) is 0 Å². The molecule has 0 aliphatic rings. The Balaban J connectivity index is 1.73. The van der Waals surface area contributed by atoms with Gasteiger partial charge < -0.3 is 10.4 Å². The van der Waals surface area contributed by atoms with Crippen molar-refractivity contribution in [2.45, 2.75) is 6.54 Å². The highest BCUT2D eigenvalue weighted by Crippen LogP contribution is 2.31. The molecule has 4 aromatic rings. The van der Waals surface area contributed by atoms with Gasteiger partial charge >= 0.3 is 0 Å². The quantitative estimate of drug-likeness (QED) is 0.404. The lowest BCUT2D eigenvalue weighted by atomic mass is 10.2. The standard InChI is InChI=1S/C21H13BrClFN4O3/c22-19-18(29)13(23)8-16(26-19)20(30)27-15-6-2-5-14-17(15)21(31)28(10-25-14)9-11-3-1-4-12(24)7-11/h1-8,10,29H,9H2,(H,27,30). The summed E-state index contributed by atoms with van der Waals surface area (Å²) in [6.45, 7) is 0.115. The molecule has 0 aliphatic heterocycles. The number of carbonyl (C=O) groups is 1. The lowest BCUT2D eigenvalue weighted by molar-refractivity contribution is 0.102. The molecular weight excluding hydrogens is 491 g/mol. The Morgan fingerprint density at radius 2 is 2.00 bits per heavy atom. The Morgan fingerprint density at radius 1 is 1.23 bits per heavy atom.